The van der Waals surface area contributed by atoms with Gasteiger partial charge in [0, 0.05) is 24.3 Å². The molecule has 0 saturated carbocycles. The van der Waals surface area contributed by atoms with Crippen molar-refractivity contribution >= 4 is 21.4 Å². The minimum Gasteiger partial charge on any atom is -0.315 e. The molecule has 0 spiro atoms. The molecule has 3 heterocycles. The van der Waals surface area contributed by atoms with Gasteiger partial charge in [-0.15, -0.1) is 0 Å². The van der Waals surface area contributed by atoms with Gasteiger partial charge in [0.1, 0.15) is 0 Å². The number of nitrogens with one attached hydrogen (secondary N) is 2. The predicted octanol–water partition coefficient (Wildman–Crippen LogP) is 0.650. The fraction of sp³-hybridized carbons (Fsp3) is 0.750. The van der Waals surface area contributed by atoms with Crippen LogP contribution >= 0.6 is 11.3 Å². The van der Waals surface area contributed by atoms with Gasteiger partial charge in [-0.05, 0) is 39.2 Å². The Labute approximate surface area is 122 Å². The lowest BCUT2D eigenvalue weighted by atomic mass is 10.1. The largest absolute Gasteiger partial charge is 0.315 e. The highest BCUT2D eigenvalue weighted by molar-refractivity contribution is 7.91. The van der Waals surface area contributed by atoms with Gasteiger partial charge < -0.3 is 10.3 Å². The van der Waals surface area contributed by atoms with Gasteiger partial charge in [0.25, 0.3) is 10.0 Å². The molecule has 2 aliphatic rings. The Bertz CT molecular complexity index is 643. The van der Waals surface area contributed by atoms with Crippen LogP contribution in [0, 0.1) is 6.92 Å². The van der Waals surface area contributed by atoms with Crippen LogP contribution in [0.25, 0.3) is 0 Å². The number of sulfonamides is 1. The summed E-state index contributed by atoms with van der Waals surface area (Å²) >= 11 is 0.792. The molecule has 2 fully saturated rings. The number of thiazole rings is 1. The summed E-state index contributed by atoms with van der Waals surface area (Å²) in [5.41, 5.74) is 0.449. The molecule has 2 unspecified atom stereocenters. The van der Waals surface area contributed by atoms with Crippen molar-refractivity contribution < 1.29 is 8.42 Å². The summed E-state index contributed by atoms with van der Waals surface area (Å²) in [6.45, 7) is 3.16. The highest BCUT2D eigenvalue weighted by Crippen LogP contribution is 2.32. The molecule has 0 aliphatic carbocycles. The summed E-state index contributed by atoms with van der Waals surface area (Å²) in [6.07, 6.45) is 3.92. The van der Waals surface area contributed by atoms with E-state index in [9.17, 15) is 13.2 Å². The molecule has 1 aromatic heterocycles. The van der Waals surface area contributed by atoms with Gasteiger partial charge in [0.05, 0.1) is 0 Å². The Balaban J connectivity index is 1.93. The highest BCUT2D eigenvalue weighted by Gasteiger charge is 2.41. The third kappa shape index (κ3) is 2.34. The van der Waals surface area contributed by atoms with Crippen LogP contribution in [0.1, 0.15) is 31.4 Å². The molecule has 20 heavy (non-hydrogen) atoms. The predicted molar refractivity (Wildman–Crippen MR) is 77.6 cm³/mol. The monoisotopic (exact) mass is 317 g/mol. The number of aromatic nitrogens is 1. The minimum atomic E-state index is -3.55. The maximum atomic E-state index is 12.8. The van der Waals surface area contributed by atoms with Crippen molar-refractivity contribution in [1.29, 1.82) is 0 Å². The zero-order chi connectivity index (χ0) is 14.3. The van der Waals surface area contributed by atoms with E-state index >= 15 is 0 Å². The van der Waals surface area contributed by atoms with Crippen LogP contribution in [-0.4, -0.2) is 42.9 Å². The molecule has 2 atom stereocenters. The topological polar surface area (TPSA) is 82.3 Å². The molecular formula is C12H19N3O3S2. The number of H-pyrrole nitrogens is 1. The van der Waals surface area contributed by atoms with Gasteiger partial charge >= 0.3 is 4.87 Å². The Morgan fingerprint density at radius 3 is 2.70 bits per heavy atom. The fourth-order valence-corrected chi connectivity index (χ4v) is 6.39. The van der Waals surface area contributed by atoms with E-state index in [0.29, 0.717) is 12.2 Å². The summed E-state index contributed by atoms with van der Waals surface area (Å²) in [4.78, 5) is 13.6. The first kappa shape index (κ1) is 14.2. The van der Waals surface area contributed by atoms with Crippen molar-refractivity contribution in [1.82, 2.24) is 14.6 Å². The third-order valence-electron chi connectivity index (χ3n) is 4.14. The Hall–Kier alpha value is -0.700. The van der Waals surface area contributed by atoms with Crippen LogP contribution in [-0.2, 0) is 10.0 Å². The quantitative estimate of drug-likeness (QED) is 0.857. The van der Waals surface area contributed by atoms with E-state index in [2.05, 4.69) is 10.3 Å². The molecule has 6 nitrogen and oxygen atoms in total. The number of hydrogen-bond donors (Lipinski definition) is 2. The molecule has 0 amide bonds. The summed E-state index contributed by atoms with van der Waals surface area (Å²) in [5, 5.41) is 3.40. The van der Waals surface area contributed by atoms with Crippen molar-refractivity contribution in [2.75, 3.05) is 13.1 Å². The van der Waals surface area contributed by atoms with E-state index in [1.807, 2.05) is 0 Å². The molecule has 0 radical (unpaired) electrons. The summed E-state index contributed by atoms with van der Waals surface area (Å²) in [6, 6.07) is 0.280. The molecule has 2 N–H and O–H groups in total. The lowest BCUT2D eigenvalue weighted by molar-refractivity contribution is 0.322. The molecule has 8 heteroatoms. The second-order valence-corrected chi connectivity index (χ2v) is 8.52. The molecular weight excluding hydrogens is 298 g/mol. The van der Waals surface area contributed by atoms with Crippen LogP contribution in [0.4, 0.5) is 0 Å². The van der Waals surface area contributed by atoms with Gasteiger partial charge in [-0.3, -0.25) is 4.79 Å². The lowest BCUT2D eigenvalue weighted by Gasteiger charge is -2.28. The average Bonchev–Trinajstić information content (AvgIpc) is 3.06. The van der Waals surface area contributed by atoms with Gasteiger partial charge in [-0.1, -0.05) is 11.3 Å². The van der Waals surface area contributed by atoms with E-state index < -0.39 is 10.0 Å². The standard InChI is InChI=1S/C12H19N3O3S2/c1-8-11(19-12(16)14-8)20(17,18)15-7-3-5-10(15)9-4-2-6-13-9/h9-10,13H,2-7H2,1H3,(H,14,16). The smallest absolute Gasteiger partial charge is 0.305 e. The van der Waals surface area contributed by atoms with Crippen LogP contribution < -0.4 is 10.2 Å². The van der Waals surface area contributed by atoms with Crippen molar-refractivity contribution in [2.24, 2.45) is 0 Å². The number of aromatic amines is 1. The Kier molecular flexibility index (Phi) is 3.74. The average molecular weight is 317 g/mol. The van der Waals surface area contributed by atoms with E-state index in [-0.39, 0.29) is 21.2 Å². The normalized spacial score (nSPS) is 28.2. The molecule has 2 aliphatic heterocycles. The Morgan fingerprint density at radius 1 is 1.30 bits per heavy atom. The van der Waals surface area contributed by atoms with Gasteiger partial charge in [0.2, 0.25) is 0 Å². The van der Waals surface area contributed by atoms with E-state index in [0.717, 1.165) is 43.6 Å². The molecule has 3 rings (SSSR count). The molecule has 0 aromatic carbocycles. The first-order valence-electron chi connectivity index (χ1n) is 6.95. The molecule has 1 aromatic rings. The van der Waals surface area contributed by atoms with E-state index in [1.165, 1.54) is 0 Å². The highest BCUT2D eigenvalue weighted by atomic mass is 32.2. The minimum absolute atomic E-state index is 0.0269. The van der Waals surface area contributed by atoms with Gasteiger partial charge in [0.15, 0.2) is 4.21 Å². The lowest BCUT2D eigenvalue weighted by Crippen LogP contribution is -2.46. The summed E-state index contributed by atoms with van der Waals surface area (Å²) in [7, 11) is -3.55. The maximum absolute atomic E-state index is 12.8. The second-order valence-electron chi connectivity index (χ2n) is 5.46. The first-order chi connectivity index (χ1) is 9.50. The number of aryl methyl sites for hydroxylation is 1. The van der Waals surface area contributed by atoms with Crippen LogP contribution in [0.3, 0.4) is 0 Å². The van der Waals surface area contributed by atoms with Crippen molar-refractivity contribution in [3.8, 4) is 0 Å². The van der Waals surface area contributed by atoms with Crippen molar-refractivity contribution in [2.45, 2.75) is 48.9 Å². The zero-order valence-electron chi connectivity index (χ0n) is 11.4. The first-order valence-corrected chi connectivity index (χ1v) is 9.21. The zero-order valence-corrected chi connectivity index (χ0v) is 13.0. The number of hydrogen-bond acceptors (Lipinski definition) is 5. The third-order valence-corrected chi connectivity index (χ3v) is 7.64. The van der Waals surface area contributed by atoms with E-state index in [4.69, 9.17) is 0 Å². The summed E-state index contributed by atoms with van der Waals surface area (Å²) < 4.78 is 27.3. The van der Waals surface area contributed by atoms with Crippen LogP contribution in [0.15, 0.2) is 9.00 Å². The number of nitrogens with zero attached hydrogens (tertiary/aromatic N) is 1. The van der Waals surface area contributed by atoms with Crippen LogP contribution in [0.5, 0.6) is 0 Å². The Morgan fingerprint density at radius 2 is 2.10 bits per heavy atom. The fourth-order valence-electron chi connectivity index (χ4n) is 3.25. The number of rotatable bonds is 3. The van der Waals surface area contributed by atoms with Gasteiger partial charge in [-0.2, -0.15) is 4.31 Å². The van der Waals surface area contributed by atoms with Gasteiger partial charge in [-0.25, -0.2) is 8.42 Å². The molecule has 112 valence electrons. The van der Waals surface area contributed by atoms with E-state index in [1.54, 1.807) is 11.2 Å². The van der Waals surface area contributed by atoms with Crippen LogP contribution in [0.2, 0.25) is 0 Å². The molecule has 0 bridgehead atoms. The van der Waals surface area contributed by atoms with Crippen molar-refractivity contribution in [3.63, 3.8) is 0 Å². The SMILES string of the molecule is Cc1[nH]c(=O)sc1S(=O)(=O)N1CCCC1C1CCCN1. The molecule has 2 saturated heterocycles. The van der Waals surface area contributed by atoms with Crippen molar-refractivity contribution in [3.05, 3.63) is 15.4 Å². The maximum Gasteiger partial charge on any atom is 0.305 e. The summed E-state index contributed by atoms with van der Waals surface area (Å²) in [5.74, 6) is 0. The second kappa shape index (κ2) is 5.25.